The monoisotopic (exact) mass is 183 g/mol. The maximum absolute atomic E-state index is 10.9. The van der Waals surface area contributed by atoms with Crippen molar-refractivity contribution in [1.29, 1.82) is 0 Å². The normalized spacial score (nSPS) is 12.1. The molecule has 2 N–H and O–H groups in total. The zero-order valence-electron chi connectivity index (χ0n) is 6.77. The second kappa shape index (κ2) is 3.70. The smallest absolute Gasteiger partial charge is 0.344 e. The van der Waals surface area contributed by atoms with Gasteiger partial charge in [-0.3, -0.25) is 4.79 Å². The number of aromatic amines is 1. The number of hydrogen-bond acceptors (Lipinski definition) is 4. The molecule has 13 heavy (non-hydrogen) atoms. The number of aromatic nitrogens is 2. The first-order valence-electron chi connectivity index (χ1n) is 3.46. The number of hydrogen-bond donors (Lipinski definition) is 2. The van der Waals surface area contributed by atoms with E-state index in [-0.39, 0.29) is 5.75 Å². The molecule has 6 nitrogen and oxygen atoms in total. The van der Waals surface area contributed by atoms with Crippen LogP contribution in [-0.2, 0) is 4.79 Å². The summed E-state index contributed by atoms with van der Waals surface area (Å²) in [6.45, 7) is 1.32. The molecule has 0 aliphatic heterocycles. The summed E-state index contributed by atoms with van der Waals surface area (Å²) in [5.41, 5.74) is -0.646. The molecule has 1 radical (unpaired) electrons. The molecular formula is C7H7N2O4. The van der Waals surface area contributed by atoms with Gasteiger partial charge < -0.3 is 14.8 Å². The number of nitrogens with one attached hydrogen (secondary N) is 1. The van der Waals surface area contributed by atoms with Gasteiger partial charge in [0.15, 0.2) is 12.4 Å². The molecular weight excluding hydrogens is 176 g/mol. The summed E-state index contributed by atoms with van der Waals surface area (Å²) < 4.78 is 4.78. The van der Waals surface area contributed by atoms with Crippen molar-refractivity contribution in [2.45, 2.75) is 13.0 Å². The quantitative estimate of drug-likeness (QED) is 0.654. The molecule has 0 saturated carbocycles. The van der Waals surface area contributed by atoms with Gasteiger partial charge >= 0.3 is 11.5 Å². The van der Waals surface area contributed by atoms with E-state index in [1.807, 2.05) is 0 Å². The van der Waals surface area contributed by atoms with Gasteiger partial charge in [0, 0.05) is 0 Å². The van der Waals surface area contributed by atoms with Crippen molar-refractivity contribution in [1.82, 2.24) is 9.97 Å². The maximum atomic E-state index is 10.9. The number of carboxylic acids is 1. The Morgan fingerprint density at radius 2 is 2.54 bits per heavy atom. The van der Waals surface area contributed by atoms with Crippen molar-refractivity contribution in [3.8, 4) is 5.75 Å². The second-order valence-electron chi connectivity index (χ2n) is 2.28. The Hall–Kier alpha value is -1.85. The van der Waals surface area contributed by atoms with E-state index in [4.69, 9.17) is 9.84 Å². The minimum absolute atomic E-state index is 0.131. The van der Waals surface area contributed by atoms with Crippen molar-refractivity contribution in [2.24, 2.45) is 0 Å². The Labute approximate surface area is 73.2 Å². The van der Waals surface area contributed by atoms with Crippen LogP contribution in [0.4, 0.5) is 0 Å². The van der Waals surface area contributed by atoms with Crippen LogP contribution in [0.2, 0.25) is 0 Å². The van der Waals surface area contributed by atoms with E-state index in [0.717, 1.165) is 0 Å². The van der Waals surface area contributed by atoms with Crippen LogP contribution in [0, 0.1) is 6.33 Å². The summed E-state index contributed by atoms with van der Waals surface area (Å²) in [5, 5.41) is 8.47. The molecule has 1 aromatic heterocycles. The molecule has 0 saturated heterocycles. The van der Waals surface area contributed by atoms with Crippen molar-refractivity contribution >= 4 is 5.97 Å². The molecule has 1 rings (SSSR count). The molecule has 0 bridgehead atoms. The minimum Gasteiger partial charge on any atom is -0.479 e. The highest BCUT2D eigenvalue weighted by Crippen LogP contribution is 2.01. The van der Waals surface area contributed by atoms with Crippen LogP contribution in [0.25, 0.3) is 0 Å². The lowest BCUT2D eigenvalue weighted by molar-refractivity contribution is -0.144. The van der Waals surface area contributed by atoms with Crippen LogP contribution >= 0.6 is 0 Å². The lowest BCUT2D eigenvalue weighted by atomic mass is 10.4. The highest BCUT2D eigenvalue weighted by Gasteiger charge is 2.14. The van der Waals surface area contributed by atoms with Gasteiger partial charge in [0.05, 0.1) is 6.20 Å². The lowest BCUT2D eigenvalue weighted by Crippen LogP contribution is -2.26. The Morgan fingerprint density at radius 1 is 1.85 bits per heavy atom. The molecule has 0 aliphatic carbocycles. The van der Waals surface area contributed by atoms with E-state index >= 15 is 0 Å². The number of ether oxygens (including phenoxy) is 1. The lowest BCUT2D eigenvalue weighted by Gasteiger charge is -2.07. The summed E-state index contributed by atoms with van der Waals surface area (Å²) in [7, 11) is 0. The molecule has 6 heteroatoms. The standard InChI is InChI=1S/C7H7N2O4/c1-4(7(11)12)13-5-2-8-3-9-6(5)10/h2,4H,1H3,(H,11,12)(H,8,9,10). The Bertz CT molecular complexity index is 360. The third kappa shape index (κ3) is 2.29. The van der Waals surface area contributed by atoms with E-state index in [9.17, 15) is 9.59 Å². The van der Waals surface area contributed by atoms with Crippen molar-refractivity contribution in [3.05, 3.63) is 22.9 Å². The number of nitrogens with zero attached hydrogens (tertiary/aromatic N) is 1. The molecule has 0 fully saturated rings. The molecule has 0 aliphatic rings. The molecule has 0 spiro atoms. The van der Waals surface area contributed by atoms with Crippen LogP contribution < -0.4 is 10.3 Å². The van der Waals surface area contributed by atoms with Crippen LogP contribution in [0.5, 0.6) is 5.75 Å². The molecule has 0 aromatic carbocycles. The van der Waals surface area contributed by atoms with Crippen molar-refractivity contribution in [3.63, 3.8) is 0 Å². The molecule has 1 unspecified atom stereocenters. The number of H-pyrrole nitrogens is 1. The van der Waals surface area contributed by atoms with Gasteiger partial charge in [-0.15, -0.1) is 0 Å². The van der Waals surface area contributed by atoms with Crippen molar-refractivity contribution < 1.29 is 14.6 Å². The average Bonchev–Trinajstić information content (AvgIpc) is 2.08. The van der Waals surface area contributed by atoms with E-state index in [1.165, 1.54) is 13.1 Å². The van der Waals surface area contributed by atoms with E-state index < -0.39 is 17.6 Å². The zero-order valence-corrected chi connectivity index (χ0v) is 6.77. The predicted octanol–water partition coefficient (Wildman–Crippen LogP) is -0.578. The number of carbonyl (C=O) groups is 1. The highest BCUT2D eigenvalue weighted by molar-refractivity contribution is 5.72. The molecule has 1 heterocycles. The topological polar surface area (TPSA) is 92.3 Å². The van der Waals surface area contributed by atoms with Crippen LogP contribution in [0.1, 0.15) is 6.92 Å². The summed E-state index contributed by atoms with van der Waals surface area (Å²) in [6.07, 6.45) is 2.31. The number of carboxylic acid groups (broad SMARTS) is 1. The van der Waals surface area contributed by atoms with Gasteiger partial charge in [-0.05, 0) is 6.92 Å². The predicted molar refractivity (Wildman–Crippen MR) is 41.4 cm³/mol. The van der Waals surface area contributed by atoms with Gasteiger partial charge in [0.1, 0.15) is 0 Å². The van der Waals surface area contributed by atoms with E-state index in [2.05, 4.69) is 16.3 Å². The number of aliphatic carboxylic acids is 1. The van der Waals surface area contributed by atoms with Crippen LogP contribution in [0.3, 0.4) is 0 Å². The Morgan fingerprint density at radius 3 is 3.08 bits per heavy atom. The maximum Gasteiger partial charge on any atom is 0.344 e. The largest absolute Gasteiger partial charge is 0.479 e. The number of rotatable bonds is 3. The van der Waals surface area contributed by atoms with Gasteiger partial charge in [0.2, 0.25) is 5.75 Å². The summed E-state index contributed by atoms with van der Waals surface area (Å²) in [6, 6.07) is 0. The van der Waals surface area contributed by atoms with Gasteiger partial charge in [-0.1, -0.05) is 0 Å². The fourth-order valence-corrected chi connectivity index (χ4v) is 0.623. The van der Waals surface area contributed by atoms with E-state index in [0.29, 0.717) is 0 Å². The first-order valence-corrected chi connectivity index (χ1v) is 3.46. The zero-order chi connectivity index (χ0) is 9.84. The second-order valence-corrected chi connectivity index (χ2v) is 2.28. The van der Waals surface area contributed by atoms with Gasteiger partial charge in [0.25, 0.3) is 0 Å². The Balaban J connectivity index is 2.81. The van der Waals surface area contributed by atoms with Crippen molar-refractivity contribution in [2.75, 3.05) is 0 Å². The fourth-order valence-electron chi connectivity index (χ4n) is 0.623. The third-order valence-electron chi connectivity index (χ3n) is 1.29. The Kier molecular flexibility index (Phi) is 2.63. The highest BCUT2D eigenvalue weighted by atomic mass is 16.5. The molecule has 69 valence electrons. The summed E-state index contributed by atoms with van der Waals surface area (Å²) in [4.78, 5) is 26.9. The van der Waals surface area contributed by atoms with Crippen LogP contribution in [-0.4, -0.2) is 27.1 Å². The van der Waals surface area contributed by atoms with Crippen LogP contribution in [0.15, 0.2) is 11.0 Å². The SMILES string of the molecule is CC(Oc1c[nH][c]nc1=O)C(=O)O. The first-order chi connectivity index (χ1) is 6.11. The fraction of sp³-hybridized carbons (Fsp3) is 0.286. The molecule has 1 aromatic rings. The average molecular weight is 183 g/mol. The third-order valence-corrected chi connectivity index (χ3v) is 1.29. The van der Waals surface area contributed by atoms with E-state index in [1.54, 1.807) is 0 Å². The summed E-state index contributed by atoms with van der Waals surface area (Å²) in [5.74, 6) is -1.28. The first kappa shape index (κ1) is 9.24. The van der Waals surface area contributed by atoms with Gasteiger partial charge in [-0.2, -0.15) is 4.98 Å². The van der Waals surface area contributed by atoms with Gasteiger partial charge in [-0.25, -0.2) is 4.79 Å². The molecule has 1 atom stereocenters. The molecule has 0 amide bonds. The summed E-state index contributed by atoms with van der Waals surface area (Å²) >= 11 is 0. The minimum atomic E-state index is -1.15.